The van der Waals surface area contributed by atoms with E-state index < -0.39 is 0 Å². The lowest BCUT2D eigenvalue weighted by Crippen LogP contribution is -2.32. The molecule has 1 aromatic rings. The van der Waals surface area contributed by atoms with Crippen LogP contribution in [0.5, 0.6) is 0 Å². The Labute approximate surface area is 107 Å². The average molecular weight is 251 g/mol. The Kier molecular flexibility index (Phi) is 3.45. The molecule has 0 aromatic carbocycles. The van der Waals surface area contributed by atoms with Gasteiger partial charge in [-0.1, -0.05) is 6.92 Å². The maximum Gasteiger partial charge on any atom is 0.244 e. The van der Waals surface area contributed by atoms with E-state index in [9.17, 15) is 4.79 Å². The van der Waals surface area contributed by atoms with E-state index in [1.807, 2.05) is 18.7 Å². The molecule has 0 radical (unpaired) electrons. The Morgan fingerprint density at radius 2 is 2.28 bits per heavy atom. The van der Waals surface area contributed by atoms with Crippen molar-refractivity contribution in [2.75, 3.05) is 24.6 Å². The molecule has 2 rings (SSSR count). The summed E-state index contributed by atoms with van der Waals surface area (Å²) in [5, 5.41) is 7.64. The van der Waals surface area contributed by atoms with Crippen molar-refractivity contribution >= 4 is 17.4 Å². The van der Waals surface area contributed by atoms with Crippen molar-refractivity contribution in [1.82, 2.24) is 14.7 Å². The van der Waals surface area contributed by atoms with Crippen molar-refractivity contribution in [3.8, 4) is 0 Å². The van der Waals surface area contributed by atoms with Crippen molar-refractivity contribution in [3.05, 3.63) is 5.69 Å². The maximum atomic E-state index is 11.9. The number of nitrogens with zero attached hydrogens (tertiary/aromatic N) is 3. The van der Waals surface area contributed by atoms with Gasteiger partial charge in [0.1, 0.15) is 11.9 Å². The summed E-state index contributed by atoms with van der Waals surface area (Å²) in [5.74, 6) is 0.902. The first kappa shape index (κ1) is 12.7. The van der Waals surface area contributed by atoms with Gasteiger partial charge in [0, 0.05) is 20.1 Å². The first-order valence-corrected chi connectivity index (χ1v) is 6.39. The van der Waals surface area contributed by atoms with Gasteiger partial charge in [0.15, 0.2) is 0 Å². The molecule has 1 atom stereocenters. The third-order valence-electron chi connectivity index (χ3n) is 3.35. The minimum atomic E-state index is -0.177. The molecule has 6 heteroatoms. The van der Waals surface area contributed by atoms with Crippen LogP contribution < -0.4 is 11.1 Å². The van der Waals surface area contributed by atoms with Gasteiger partial charge in [-0.25, -0.2) is 4.68 Å². The van der Waals surface area contributed by atoms with Gasteiger partial charge in [0.25, 0.3) is 0 Å². The summed E-state index contributed by atoms with van der Waals surface area (Å²) in [7, 11) is 1.82. The third kappa shape index (κ3) is 2.14. The molecule has 1 aromatic heterocycles. The van der Waals surface area contributed by atoms with E-state index in [2.05, 4.69) is 17.3 Å². The highest BCUT2D eigenvalue weighted by atomic mass is 16.2. The fourth-order valence-electron chi connectivity index (χ4n) is 2.24. The van der Waals surface area contributed by atoms with Crippen molar-refractivity contribution in [1.29, 1.82) is 0 Å². The van der Waals surface area contributed by atoms with Crippen molar-refractivity contribution < 1.29 is 4.79 Å². The van der Waals surface area contributed by atoms with E-state index >= 15 is 0 Å². The largest absolute Gasteiger partial charge is 0.394 e. The van der Waals surface area contributed by atoms with Crippen molar-refractivity contribution in [2.24, 2.45) is 0 Å². The highest BCUT2D eigenvalue weighted by molar-refractivity contribution is 5.87. The third-order valence-corrected chi connectivity index (χ3v) is 3.35. The molecule has 6 nitrogen and oxygen atoms in total. The number of likely N-dealkylation sites (tertiary alicyclic amines) is 1. The van der Waals surface area contributed by atoms with Crippen molar-refractivity contribution in [2.45, 2.75) is 39.3 Å². The Bertz CT molecular complexity index is 454. The van der Waals surface area contributed by atoms with Crippen LogP contribution in [0.4, 0.5) is 11.5 Å². The number of nitrogens with one attached hydrogen (secondary N) is 1. The predicted octanol–water partition coefficient (Wildman–Crippen LogP) is 0.826. The number of nitrogen functional groups attached to an aromatic ring is 1. The van der Waals surface area contributed by atoms with Crippen LogP contribution in [-0.4, -0.2) is 40.2 Å². The van der Waals surface area contributed by atoms with Crippen LogP contribution in [-0.2, 0) is 11.3 Å². The second-order valence-electron chi connectivity index (χ2n) is 4.82. The number of aryl methyl sites for hydroxylation is 2. The summed E-state index contributed by atoms with van der Waals surface area (Å²) in [5.41, 5.74) is 7.48. The lowest BCUT2D eigenvalue weighted by Gasteiger charge is -2.15. The average Bonchev–Trinajstić information content (AvgIpc) is 2.78. The topological polar surface area (TPSA) is 76.2 Å². The number of amides is 1. The molecule has 0 aliphatic carbocycles. The zero-order valence-corrected chi connectivity index (χ0v) is 11.2. The number of carbonyl (C=O) groups is 1. The first-order valence-electron chi connectivity index (χ1n) is 6.39. The van der Waals surface area contributed by atoms with Gasteiger partial charge in [-0.05, 0) is 19.8 Å². The number of aromatic nitrogens is 2. The lowest BCUT2D eigenvalue weighted by molar-refractivity contribution is -0.127. The molecule has 1 aliphatic rings. The molecular weight excluding hydrogens is 230 g/mol. The minimum absolute atomic E-state index is 0.122. The van der Waals surface area contributed by atoms with Crippen LogP contribution >= 0.6 is 0 Å². The summed E-state index contributed by atoms with van der Waals surface area (Å²) >= 11 is 0. The summed E-state index contributed by atoms with van der Waals surface area (Å²) in [6, 6.07) is -0.177. The highest BCUT2D eigenvalue weighted by Gasteiger charge is 2.30. The number of anilines is 2. The summed E-state index contributed by atoms with van der Waals surface area (Å²) in [4.78, 5) is 13.6. The standard InChI is InChI=1S/C12H21N5O/c1-4-6-17-11(10(13)8(2)15-17)14-9-5-7-16(3)12(9)18/h9,14H,4-7,13H2,1-3H3. The predicted molar refractivity (Wildman–Crippen MR) is 71.3 cm³/mol. The molecule has 1 aliphatic heterocycles. The number of nitrogens with two attached hydrogens (primary N) is 1. The molecule has 0 bridgehead atoms. The summed E-state index contributed by atoms with van der Waals surface area (Å²) in [6.07, 6.45) is 1.79. The molecule has 1 amide bonds. The molecular formula is C12H21N5O. The van der Waals surface area contributed by atoms with Crippen LogP contribution in [0.15, 0.2) is 0 Å². The van der Waals surface area contributed by atoms with Crippen LogP contribution in [0.2, 0.25) is 0 Å². The number of hydrogen-bond donors (Lipinski definition) is 2. The Morgan fingerprint density at radius 1 is 1.56 bits per heavy atom. The van der Waals surface area contributed by atoms with E-state index in [-0.39, 0.29) is 11.9 Å². The fourth-order valence-corrected chi connectivity index (χ4v) is 2.24. The lowest BCUT2D eigenvalue weighted by atomic mass is 10.2. The zero-order chi connectivity index (χ0) is 13.3. The molecule has 0 spiro atoms. The monoisotopic (exact) mass is 251 g/mol. The van der Waals surface area contributed by atoms with Crippen molar-refractivity contribution in [3.63, 3.8) is 0 Å². The SMILES string of the molecule is CCCn1nc(C)c(N)c1NC1CCN(C)C1=O. The quantitative estimate of drug-likeness (QED) is 0.831. The van der Waals surface area contributed by atoms with Gasteiger partial charge in [-0.2, -0.15) is 5.10 Å². The first-order chi connectivity index (χ1) is 8.54. The Hall–Kier alpha value is -1.72. The molecule has 0 saturated carbocycles. The Balaban J connectivity index is 2.20. The van der Waals surface area contributed by atoms with Crippen LogP contribution in [0.25, 0.3) is 0 Å². The number of likely N-dealkylation sites (N-methyl/N-ethyl adjacent to an activating group) is 1. The summed E-state index contributed by atoms with van der Waals surface area (Å²) in [6.45, 7) is 5.56. The maximum absolute atomic E-state index is 11.9. The van der Waals surface area contributed by atoms with Gasteiger partial charge in [0.05, 0.1) is 11.4 Å². The normalized spacial score (nSPS) is 19.6. The van der Waals surface area contributed by atoms with Gasteiger partial charge < -0.3 is 16.0 Å². The smallest absolute Gasteiger partial charge is 0.244 e. The number of hydrogen-bond acceptors (Lipinski definition) is 4. The van der Waals surface area contributed by atoms with Gasteiger partial charge in [-0.3, -0.25) is 4.79 Å². The molecule has 1 fully saturated rings. The number of carbonyl (C=O) groups excluding carboxylic acids is 1. The molecule has 1 unspecified atom stereocenters. The van der Waals surface area contributed by atoms with Gasteiger partial charge in [-0.15, -0.1) is 0 Å². The fraction of sp³-hybridized carbons (Fsp3) is 0.667. The van der Waals surface area contributed by atoms with E-state index in [0.29, 0.717) is 5.69 Å². The highest BCUT2D eigenvalue weighted by Crippen LogP contribution is 2.25. The molecule has 3 N–H and O–H groups in total. The van der Waals surface area contributed by atoms with E-state index in [0.717, 1.165) is 37.4 Å². The summed E-state index contributed by atoms with van der Waals surface area (Å²) < 4.78 is 1.86. The van der Waals surface area contributed by atoms with Gasteiger partial charge >= 0.3 is 0 Å². The molecule has 1 saturated heterocycles. The molecule has 100 valence electrons. The minimum Gasteiger partial charge on any atom is -0.394 e. The van der Waals surface area contributed by atoms with Crippen LogP contribution in [0, 0.1) is 6.92 Å². The van der Waals surface area contributed by atoms with Crippen LogP contribution in [0.1, 0.15) is 25.5 Å². The zero-order valence-electron chi connectivity index (χ0n) is 11.2. The molecule has 2 heterocycles. The number of rotatable bonds is 4. The molecule has 18 heavy (non-hydrogen) atoms. The van der Waals surface area contributed by atoms with E-state index in [1.54, 1.807) is 4.90 Å². The van der Waals surface area contributed by atoms with E-state index in [1.165, 1.54) is 0 Å². The Morgan fingerprint density at radius 3 is 2.83 bits per heavy atom. The van der Waals surface area contributed by atoms with Crippen LogP contribution in [0.3, 0.4) is 0 Å². The van der Waals surface area contributed by atoms with E-state index in [4.69, 9.17) is 5.73 Å². The second-order valence-corrected chi connectivity index (χ2v) is 4.82. The van der Waals surface area contributed by atoms with Gasteiger partial charge in [0.2, 0.25) is 5.91 Å². The second kappa shape index (κ2) is 4.88.